The summed E-state index contributed by atoms with van der Waals surface area (Å²) in [6.07, 6.45) is 2.64. The van der Waals surface area contributed by atoms with Crippen molar-refractivity contribution in [3.05, 3.63) is 0 Å². The van der Waals surface area contributed by atoms with E-state index in [-0.39, 0.29) is 11.8 Å². The number of rotatable bonds is 7. The monoisotopic (exact) mass is 229 g/mol. The molecule has 0 bridgehead atoms. The summed E-state index contributed by atoms with van der Waals surface area (Å²) < 4.78 is 0. The molecule has 1 unspecified atom stereocenters. The summed E-state index contributed by atoms with van der Waals surface area (Å²) in [7, 11) is 5.62. The van der Waals surface area contributed by atoms with Crippen LogP contribution in [0.5, 0.6) is 0 Å². The average Bonchev–Trinajstić information content (AvgIpc) is 2.20. The van der Waals surface area contributed by atoms with Crippen molar-refractivity contribution in [2.75, 3.05) is 27.7 Å². The van der Waals surface area contributed by atoms with Crippen molar-refractivity contribution in [3.8, 4) is 0 Å². The fourth-order valence-corrected chi connectivity index (χ4v) is 1.46. The van der Waals surface area contributed by atoms with Gasteiger partial charge in [-0.2, -0.15) is 0 Å². The summed E-state index contributed by atoms with van der Waals surface area (Å²) in [5.74, 6) is -0.290. The van der Waals surface area contributed by atoms with Crippen LogP contribution in [0.3, 0.4) is 0 Å². The van der Waals surface area contributed by atoms with E-state index in [0.717, 1.165) is 19.4 Å². The number of amides is 2. The molecule has 1 atom stereocenters. The van der Waals surface area contributed by atoms with Crippen LogP contribution >= 0.6 is 0 Å². The summed E-state index contributed by atoms with van der Waals surface area (Å²) >= 11 is 0. The highest BCUT2D eigenvalue weighted by Gasteiger charge is 2.17. The molecule has 0 aliphatic rings. The molecule has 0 saturated carbocycles. The Bertz CT molecular complexity index is 229. The smallest absolute Gasteiger partial charge is 0.242 e. The molecular formula is C11H23N3O2. The summed E-state index contributed by atoms with van der Waals surface area (Å²) in [6.45, 7) is 2.43. The minimum Gasteiger partial charge on any atom is -0.357 e. The van der Waals surface area contributed by atoms with Crippen LogP contribution < -0.4 is 10.6 Å². The second-order valence-electron chi connectivity index (χ2n) is 4.17. The van der Waals surface area contributed by atoms with Gasteiger partial charge in [0.2, 0.25) is 11.8 Å². The lowest BCUT2D eigenvalue weighted by Gasteiger charge is -2.16. The van der Waals surface area contributed by atoms with Gasteiger partial charge in [0.1, 0.15) is 6.04 Å². The van der Waals surface area contributed by atoms with E-state index in [9.17, 15) is 9.59 Å². The highest BCUT2D eigenvalue weighted by atomic mass is 16.2. The van der Waals surface area contributed by atoms with E-state index >= 15 is 0 Å². The van der Waals surface area contributed by atoms with Crippen LogP contribution in [0.15, 0.2) is 0 Å². The van der Waals surface area contributed by atoms with Gasteiger partial charge in [-0.05, 0) is 39.9 Å². The van der Waals surface area contributed by atoms with Gasteiger partial charge >= 0.3 is 0 Å². The molecule has 94 valence electrons. The van der Waals surface area contributed by atoms with Crippen molar-refractivity contribution < 1.29 is 9.59 Å². The topological polar surface area (TPSA) is 61.4 Å². The van der Waals surface area contributed by atoms with Gasteiger partial charge in [0.05, 0.1) is 0 Å². The predicted molar refractivity (Wildman–Crippen MR) is 64.1 cm³/mol. The molecule has 0 heterocycles. The molecular weight excluding hydrogens is 206 g/mol. The number of carbonyl (C=O) groups excluding carboxylic acids is 2. The molecule has 16 heavy (non-hydrogen) atoms. The molecule has 0 spiro atoms. The van der Waals surface area contributed by atoms with E-state index in [1.807, 2.05) is 14.1 Å². The predicted octanol–water partition coefficient (Wildman–Crippen LogP) is -0.0310. The molecule has 0 rings (SSSR count). The Hall–Kier alpha value is -1.10. The minimum absolute atomic E-state index is 0.125. The quantitative estimate of drug-likeness (QED) is 0.603. The number of hydrogen-bond acceptors (Lipinski definition) is 3. The van der Waals surface area contributed by atoms with Gasteiger partial charge in [0.25, 0.3) is 0 Å². The number of likely N-dealkylation sites (N-methyl/N-ethyl adjacent to an activating group) is 1. The van der Waals surface area contributed by atoms with E-state index in [1.54, 1.807) is 7.05 Å². The van der Waals surface area contributed by atoms with E-state index < -0.39 is 6.04 Å². The Morgan fingerprint density at radius 3 is 2.31 bits per heavy atom. The first-order chi connectivity index (χ1) is 7.47. The van der Waals surface area contributed by atoms with Gasteiger partial charge in [0, 0.05) is 14.0 Å². The minimum atomic E-state index is -0.398. The van der Waals surface area contributed by atoms with Crippen molar-refractivity contribution in [1.29, 1.82) is 0 Å². The second kappa shape index (κ2) is 8.10. The highest BCUT2D eigenvalue weighted by Crippen LogP contribution is 2.02. The number of nitrogens with one attached hydrogen (secondary N) is 2. The first-order valence-electron chi connectivity index (χ1n) is 5.60. The van der Waals surface area contributed by atoms with E-state index in [2.05, 4.69) is 15.5 Å². The molecule has 0 radical (unpaired) electrons. The van der Waals surface area contributed by atoms with Gasteiger partial charge in [-0.15, -0.1) is 0 Å². The molecule has 2 N–H and O–H groups in total. The van der Waals surface area contributed by atoms with Crippen LogP contribution in [0.1, 0.15) is 26.2 Å². The first-order valence-corrected chi connectivity index (χ1v) is 5.60. The summed E-state index contributed by atoms with van der Waals surface area (Å²) in [5, 5.41) is 5.21. The lowest BCUT2D eigenvalue weighted by molar-refractivity contribution is -0.127. The van der Waals surface area contributed by atoms with E-state index in [0.29, 0.717) is 6.42 Å². The lowest BCUT2D eigenvalue weighted by Crippen LogP contribution is -2.44. The SMILES string of the molecule is CNC(=O)C(CCCCN(C)C)NC(C)=O. The van der Waals surface area contributed by atoms with Gasteiger partial charge < -0.3 is 15.5 Å². The maximum atomic E-state index is 11.4. The van der Waals surface area contributed by atoms with E-state index in [1.165, 1.54) is 6.92 Å². The largest absolute Gasteiger partial charge is 0.357 e. The van der Waals surface area contributed by atoms with Crippen LogP contribution in [0.2, 0.25) is 0 Å². The van der Waals surface area contributed by atoms with Crippen LogP contribution in [0, 0.1) is 0 Å². The lowest BCUT2D eigenvalue weighted by atomic mass is 10.1. The average molecular weight is 229 g/mol. The maximum Gasteiger partial charge on any atom is 0.242 e. The highest BCUT2D eigenvalue weighted by molar-refractivity contribution is 5.86. The zero-order chi connectivity index (χ0) is 12.6. The summed E-state index contributed by atoms with van der Waals surface area (Å²) in [4.78, 5) is 24.5. The van der Waals surface area contributed by atoms with Gasteiger partial charge in [-0.1, -0.05) is 0 Å². The molecule has 0 aliphatic carbocycles. The number of nitrogens with zero attached hydrogens (tertiary/aromatic N) is 1. The number of hydrogen-bond donors (Lipinski definition) is 2. The van der Waals surface area contributed by atoms with Crippen molar-refractivity contribution in [2.45, 2.75) is 32.2 Å². The maximum absolute atomic E-state index is 11.4. The Morgan fingerprint density at radius 2 is 1.88 bits per heavy atom. The molecule has 0 aromatic rings. The van der Waals surface area contributed by atoms with E-state index in [4.69, 9.17) is 0 Å². The standard InChI is InChI=1S/C11H23N3O2/c1-9(15)13-10(11(16)12-2)7-5-6-8-14(3)4/h10H,5-8H2,1-4H3,(H,12,16)(H,13,15). The zero-order valence-corrected chi connectivity index (χ0v) is 10.7. The third-order valence-electron chi connectivity index (χ3n) is 2.29. The Labute approximate surface area is 97.6 Å². The van der Waals surface area contributed by atoms with Crippen molar-refractivity contribution in [1.82, 2.24) is 15.5 Å². The summed E-state index contributed by atoms with van der Waals surface area (Å²) in [6, 6.07) is -0.398. The second-order valence-corrected chi connectivity index (χ2v) is 4.17. The number of carbonyl (C=O) groups is 2. The fraction of sp³-hybridized carbons (Fsp3) is 0.818. The van der Waals surface area contributed by atoms with Crippen molar-refractivity contribution in [3.63, 3.8) is 0 Å². The van der Waals surface area contributed by atoms with Crippen LogP contribution in [0.25, 0.3) is 0 Å². The molecule has 0 aliphatic heterocycles. The molecule has 0 aromatic heterocycles. The molecule has 0 aromatic carbocycles. The molecule has 2 amide bonds. The Kier molecular flexibility index (Phi) is 7.54. The van der Waals surface area contributed by atoms with Gasteiger partial charge in [-0.3, -0.25) is 9.59 Å². The van der Waals surface area contributed by atoms with Crippen molar-refractivity contribution in [2.24, 2.45) is 0 Å². The van der Waals surface area contributed by atoms with Gasteiger partial charge in [0.15, 0.2) is 0 Å². The normalized spacial score (nSPS) is 12.3. The fourth-order valence-electron chi connectivity index (χ4n) is 1.46. The third kappa shape index (κ3) is 7.23. The molecule has 0 saturated heterocycles. The first kappa shape index (κ1) is 14.9. The summed E-state index contributed by atoms with van der Waals surface area (Å²) in [5.41, 5.74) is 0. The molecule has 5 heteroatoms. The Morgan fingerprint density at radius 1 is 1.25 bits per heavy atom. The Balaban J connectivity index is 3.92. The van der Waals surface area contributed by atoms with Crippen LogP contribution in [-0.2, 0) is 9.59 Å². The van der Waals surface area contributed by atoms with Crippen LogP contribution in [0.4, 0.5) is 0 Å². The van der Waals surface area contributed by atoms with Crippen molar-refractivity contribution >= 4 is 11.8 Å². The number of unbranched alkanes of at least 4 members (excludes halogenated alkanes) is 1. The van der Waals surface area contributed by atoms with Gasteiger partial charge in [-0.25, -0.2) is 0 Å². The third-order valence-corrected chi connectivity index (χ3v) is 2.29. The molecule has 0 fully saturated rings. The zero-order valence-electron chi connectivity index (χ0n) is 10.7. The molecule has 5 nitrogen and oxygen atoms in total. The van der Waals surface area contributed by atoms with Crippen LogP contribution in [-0.4, -0.2) is 50.4 Å².